The van der Waals surface area contributed by atoms with Gasteiger partial charge >= 0.3 is 0 Å². The van der Waals surface area contributed by atoms with Crippen LogP contribution in [-0.4, -0.2) is 25.2 Å². The van der Waals surface area contributed by atoms with E-state index in [0.29, 0.717) is 11.5 Å². The van der Waals surface area contributed by atoms with Crippen LogP contribution in [0.15, 0.2) is 0 Å². The second-order valence-corrected chi connectivity index (χ2v) is 7.32. The van der Waals surface area contributed by atoms with Gasteiger partial charge in [0.1, 0.15) is 0 Å². The average Bonchev–Trinajstić information content (AvgIpc) is 2.52. The van der Waals surface area contributed by atoms with Gasteiger partial charge in [0.25, 0.3) is 0 Å². The van der Waals surface area contributed by atoms with Gasteiger partial charge in [-0.2, -0.15) is 0 Å². The smallest absolute Gasteiger partial charge is 0.0243 e. The third-order valence-corrected chi connectivity index (χ3v) is 5.20. The summed E-state index contributed by atoms with van der Waals surface area (Å²) in [4.78, 5) is 0. The highest BCUT2D eigenvalue weighted by Crippen LogP contribution is 2.30. The van der Waals surface area contributed by atoms with Crippen molar-refractivity contribution in [2.75, 3.05) is 13.1 Å². The molecule has 18 heavy (non-hydrogen) atoms. The van der Waals surface area contributed by atoms with Gasteiger partial charge < -0.3 is 10.6 Å². The first-order chi connectivity index (χ1) is 8.58. The summed E-state index contributed by atoms with van der Waals surface area (Å²) >= 11 is 0. The van der Waals surface area contributed by atoms with Crippen LogP contribution in [0.25, 0.3) is 0 Å². The number of nitrogens with one attached hydrogen (secondary N) is 2. The quantitative estimate of drug-likeness (QED) is 0.753. The molecule has 106 valence electrons. The van der Waals surface area contributed by atoms with Gasteiger partial charge in [0, 0.05) is 18.6 Å². The minimum Gasteiger partial charge on any atom is -0.312 e. The summed E-state index contributed by atoms with van der Waals surface area (Å²) in [7, 11) is 0. The maximum absolute atomic E-state index is 3.84. The Kier molecular flexibility index (Phi) is 5.08. The van der Waals surface area contributed by atoms with Crippen molar-refractivity contribution in [3.8, 4) is 0 Å². The average molecular weight is 252 g/mol. The first-order valence-electron chi connectivity index (χ1n) is 8.05. The van der Waals surface area contributed by atoms with Crippen LogP contribution < -0.4 is 10.6 Å². The summed E-state index contributed by atoms with van der Waals surface area (Å²) in [6.07, 6.45) is 9.75. The normalized spacial score (nSPS) is 37.2. The van der Waals surface area contributed by atoms with Crippen LogP contribution in [0.1, 0.15) is 65.7 Å². The number of piperidine rings is 1. The zero-order chi connectivity index (χ0) is 13.0. The third-order valence-electron chi connectivity index (χ3n) is 5.20. The fourth-order valence-electron chi connectivity index (χ4n) is 3.60. The van der Waals surface area contributed by atoms with E-state index in [1.54, 1.807) is 0 Å². The van der Waals surface area contributed by atoms with Crippen LogP contribution in [0.5, 0.6) is 0 Å². The van der Waals surface area contributed by atoms with Crippen molar-refractivity contribution in [1.82, 2.24) is 10.6 Å². The van der Waals surface area contributed by atoms with E-state index in [4.69, 9.17) is 0 Å². The number of rotatable bonds is 3. The monoisotopic (exact) mass is 252 g/mol. The molecule has 1 aliphatic carbocycles. The van der Waals surface area contributed by atoms with Crippen molar-refractivity contribution in [3.05, 3.63) is 0 Å². The lowest BCUT2D eigenvalue weighted by Crippen LogP contribution is -2.53. The molecule has 2 fully saturated rings. The molecule has 0 aromatic heterocycles. The highest BCUT2D eigenvalue weighted by molar-refractivity contribution is 4.90. The van der Waals surface area contributed by atoms with Gasteiger partial charge in [0.05, 0.1) is 0 Å². The number of hydrogen-bond donors (Lipinski definition) is 2. The van der Waals surface area contributed by atoms with Crippen LogP contribution in [-0.2, 0) is 0 Å². The third kappa shape index (κ3) is 3.96. The predicted octanol–water partition coefficient (Wildman–Crippen LogP) is 3.32. The summed E-state index contributed by atoms with van der Waals surface area (Å²) in [5.74, 6) is 0.945. The van der Waals surface area contributed by atoms with Crippen LogP contribution in [0.4, 0.5) is 0 Å². The van der Waals surface area contributed by atoms with E-state index in [1.165, 1.54) is 51.5 Å². The van der Waals surface area contributed by atoms with E-state index < -0.39 is 0 Å². The molecule has 2 N–H and O–H groups in total. The van der Waals surface area contributed by atoms with Gasteiger partial charge in [-0.05, 0) is 50.0 Å². The Bertz CT molecular complexity index is 249. The lowest BCUT2D eigenvalue weighted by molar-refractivity contribution is 0.171. The van der Waals surface area contributed by atoms with Gasteiger partial charge in [-0.25, -0.2) is 0 Å². The lowest BCUT2D eigenvalue weighted by atomic mass is 9.77. The molecule has 0 aromatic carbocycles. The molecule has 1 heterocycles. The topological polar surface area (TPSA) is 24.1 Å². The van der Waals surface area contributed by atoms with Crippen LogP contribution in [0, 0.1) is 11.3 Å². The van der Waals surface area contributed by atoms with E-state index in [9.17, 15) is 0 Å². The van der Waals surface area contributed by atoms with Crippen LogP contribution >= 0.6 is 0 Å². The molecule has 0 radical (unpaired) electrons. The molecule has 0 aromatic rings. The summed E-state index contributed by atoms with van der Waals surface area (Å²) in [5.41, 5.74) is 0.462. The summed E-state index contributed by atoms with van der Waals surface area (Å²) in [6, 6.07) is 1.43. The fourth-order valence-corrected chi connectivity index (χ4v) is 3.60. The Labute approximate surface area is 113 Å². The fraction of sp³-hybridized carbons (Fsp3) is 1.00. The molecule has 3 unspecified atom stereocenters. The van der Waals surface area contributed by atoms with Crippen LogP contribution in [0.3, 0.4) is 0 Å². The van der Waals surface area contributed by atoms with E-state index in [1.807, 2.05) is 0 Å². The Hall–Kier alpha value is -0.0800. The molecule has 1 saturated heterocycles. The minimum atomic E-state index is 0.462. The summed E-state index contributed by atoms with van der Waals surface area (Å²) in [5, 5.41) is 7.56. The van der Waals surface area contributed by atoms with Gasteiger partial charge in [-0.15, -0.1) is 0 Å². The molecule has 3 atom stereocenters. The molecule has 2 nitrogen and oxygen atoms in total. The molecule has 1 saturated carbocycles. The molecule has 1 aliphatic heterocycles. The lowest BCUT2D eigenvalue weighted by Gasteiger charge is -2.40. The first-order valence-corrected chi connectivity index (χ1v) is 8.05. The number of hydrogen-bond acceptors (Lipinski definition) is 2. The van der Waals surface area contributed by atoms with Gasteiger partial charge in [0.2, 0.25) is 0 Å². The molecule has 2 aliphatic rings. The van der Waals surface area contributed by atoms with Crippen molar-refractivity contribution in [2.45, 2.75) is 77.8 Å². The molecular formula is C16H32N2. The Balaban J connectivity index is 1.76. The zero-order valence-corrected chi connectivity index (χ0v) is 12.6. The highest BCUT2D eigenvalue weighted by Gasteiger charge is 2.32. The van der Waals surface area contributed by atoms with E-state index in [-0.39, 0.29) is 0 Å². The molecule has 0 amide bonds. The molecule has 2 heteroatoms. The van der Waals surface area contributed by atoms with Gasteiger partial charge in [0.15, 0.2) is 0 Å². The van der Waals surface area contributed by atoms with Crippen molar-refractivity contribution in [1.29, 1.82) is 0 Å². The highest BCUT2D eigenvalue weighted by atomic mass is 15.0. The maximum Gasteiger partial charge on any atom is 0.0243 e. The van der Waals surface area contributed by atoms with Crippen LogP contribution in [0.2, 0.25) is 0 Å². The molecule has 0 spiro atoms. The molecular weight excluding hydrogens is 220 g/mol. The van der Waals surface area contributed by atoms with Crippen molar-refractivity contribution >= 4 is 0 Å². The standard InChI is InChI=1S/C16H32N2/c1-13-6-4-7-14(9-8-13)18-12-15-16(2,3)10-5-11-17-15/h13-15,17-18H,4-12H2,1-3H3. The minimum absolute atomic E-state index is 0.462. The zero-order valence-electron chi connectivity index (χ0n) is 12.6. The van der Waals surface area contributed by atoms with E-state index in [0.717, 1.165) is 18.5 Å². The largest absolute Gasteiger partial charge is 0.312 e. The SMILES string of the molecule is CC1CCCC(NCC2NCCCC2(C)C)CC1. The Morgan fingerprint density at radius 1 is 1.11 bits per heavy atom. The molecule has 0 bridgehead atoms. The van der Waals surface area contributed by atoms with E-state index >= 15 is 0 Å². The Morgan fingerprint density at radius 3 is 2.72 bits per heavy atom. The maximum atomic E-state index is 3.84. The van der Waals surface area contributed by atoms with Crippen molar-refractivity contribution in [2.24, 2.45) is 11.3 Å². The summed E-state index contributed by atoms with van der Waals surface area (Å²) < 4.78 is 0. The predicted molar refractivity (Wildman–Crippen MR) is 78.8 cm³/mol. The van der Waals surface area contributed by atoms with E-state index in [2.05, 4.69) is 31.4 Å². The summed E-state index contributed by atoms with van der Waals surface area (Å²) in [6.45, 7) is 9.61. The first kappa shape index (κ1) is 14.3. The van der Waals surface area contributed by atoms with Crippen molar-refractivity contribution in [3.63, 3.8) is 0 Å². The second kappa shape index (κ2) is 6.38. The Morgan fingerprint density at radius 2 is 1.94 bits per heavy atom. The van der Waals surface area contributed by atoms with Gasteiger partial charge in [-0.3, -0.25) is 0 Å². The van der Waals surface area contributed by atoms with Gasteiger partial charge in [-0.1, -0.05) is 33.6 Å². The molecule has 2 rings (SSSR count). The van der Waals surface area contributed by atoms with Crippen molar-refractivity contribution < 1.29 is 0 Å². The second-order valence-electron chi connectivity index (χ2n) is 7.32.